The number of carbonyl (C=O) groups excluding carboxylic acids is 5. The van der Waals surface area contributed by atoms with Crippen LogP contribution >= 0.6 is 22.7 Å². The zero-order chi connectivity index (χ0) is 55.0. The summed E-state index contributed by atoms with van der Waals surface area (Å²) in [5.74, 6) is -2.64. The lowest BCUT2D eigenvalue weighted by Crippen LogP contribution is -2.49. The van der Waals surface area contributed by atoms with Gasteiger partial charge in [-0.05, 0) is 119 Å². The van der Waals surface area contributed by atoms with E-state index < -0.39 is 41.7 Å². The third-order valence-corrected chi connectivity index (χ3v) is 12.9. The number of carboxylic acid groups (broad SMARTS) is 1. The second-order valence-corrected chi connectivity index (χ2v) is 19.0. The van der Waals surface area contributed by atoms with Gasteiger partial charge in [-0.2, -0.15) is 0 Å². The molecule has 2 atom stereocenters. The van der Waals surface area contributed by atoms with Crippen molar-refractivity contribution < 1.29 is 53.6 Å². The highest BCUT2D eigenvalue weighted by Gasteiger charge is 2.28. The summed E-state index contributed by atoms with van der Waals surface area (Å²) in [6, 6.07) is 18.5. The number of carboxylic acids is 1. The van der Waals surface area contributed by atoms with Crippen LogP contribution in [0, 0.1) is 27.7 Å². The highest BCUT2D eigenvalue weighted by Crippen LogP contribution is 2.18. The second kappa shape index (κ2) is 30.4. The number of aliphatic carboxylic acids is 1. The van der Waals surface area contributed by atoms with Crippen molar-refractivity contribution in [1.29, 1.82) is 0 Å². The minimum absolute atomic E-state index is 0.122. The van der Waals surface area contributed by atoms with Crippen molar-refractivity contribution in [3.8, 4) is 11.5 Å². The number of phenolic OH excluding ortho intramolecular Hbond substituents is 2. The molecule has 6 aromatic rings. The normalized spacial score (nSPS) is 11.5. The van der Waals surface area contributed by atoms with Crippen molar-refractivity contribution in [3.63, 3.8) is 0 Å². The van der Waals surface area contributed by atoms with Crippen LogP contribution in [0.15, 0.2) is 83.6 Å². The number of thiophene rings is 2. The molecule has 0 saturated heterocycles. The first-order valence-electron chi connectivity index (χ1n) is 24.5. The number of rotatable bonds is 27. The predicted octanol–water partition coefficient (Wildman–Crippen LogP) is 5.92. The Kier molecular flexibility index (Phi) is 23.5. The minimum atomic E-state index is -1.32. The van der Waals surface area contributed by atoms with Gasteiger partial charge in [-0.25, -0.2) is 29.5 Å². The Bertz CT molecular complexity index is 2840. The Labute approximate surface area is 448 Å². The van der Waals surface area contributed by atoms with Crippen LogP contribution in [-0.4, -0.2) is 129 Å². The molecule has 4 amide bonds. The van der Waals surface area contributed by atoms with Gasteiger partial charge < -0.3 is 56.7 Å². The Morgan fingerprint density at radius 2 is 1.03 bits per heavy atom. The Hall–Kier alpha value is -8.02. The zero-order valence-corrected chi connectivity index (χ0v) is 44.6. The Balaban J connectivity index is 0.000000284. The molecule has 0 unspecified atom stereocenters. The quantitative estimate of drug-likeness (QED) is 0.0214. The summed E-state index contributed by atoms with van der Waals surface area (Å²) < 4.78 is 10.6. The molecule has 0 aliphatic carbocycles. The van der Waals surface area contributed by atoms with Gasteiger partial charge in [0.2, 0.25) is 11.9 Å². The maximum Gasteiger partial charge on any atom is 0.330 e. The van der Waals surface area contributed by atoms with Gasteiger partial charge in [-0.1, -0.05) is 36.4 Å². The number of nitrogens with one attached hydrogen (secondary N) is 6. The van der Waals surface area contributed by atoms with Gasteiger partial charge in [0, 0.05) is 45.8 Å². The number of amides is 4. The standard InChI is InChI=1S/C29H37N5O6S.C24H27N5O5S/c1-4-39-14-8-15-40-28(38)23(18-31-26(36)24-12-7-16-41-24)34-27(37)25-19(2)32-29(33-20(25)3)30-13-6-10-21-9-5-11-22(35)17-21;1-14-20(22(32)29-18(23(33)34)13-26-21(31)19-9-5-11-35-19)15(2)28-24(27-14)25-10-4-7-16-6-3-8-17(30)12-16/h5,7,9,11-12,16-17,23,35H,4,6,8,10,13-15,18H2,1-3H3,(H,31,36)(H,34,37)(H,30,32,33);3,5-6,8-9,11-12,18,30H,4,7,10,13H2,1-2H3,(H,26,31)(H,29,32)(H,33,34)(H,25,27,28)/t23-;18-/m00/s1. The van der Waals surface area contributed by atoms with Crippen LogP contribution in [0.25, 0.3) is 0 Å². The van der Waals surface area contributed by atoms with E-state index in [0.717, 1.165) is 36.8 Å². The average molecular weight is 1080 g/mol. The molecule has 2 aromatic carbocycles. The number of ether oxygens (including phenoxy) is 2. The third-order valence-electron chi connectivity index (χ3n) is 11.2. The lowest BCUT2D eigenvalue weighted by atomic mass is 10.1. The summed E-state index contributed by atoms with van der Waals surface area (Å²) in [4.78, 5) is 93.6. The van der Waals surface area contributed by atoms with E-state index in [1.807, 2.05) is 25.1 Å². The maximum atomic E-state index is 13.3. The van der Waals surface area contributed by atoms with E-state index in [1.54, 1.807) is 93.1 Å². The number of aromatic nitrogens is 4. The summed E-state index contributed by atoms with van der Waals surface area (Å²) in [5.41, 5.74) is 4.16. The van der Waals surface area contributed by atoms with E-state index in [0.29, 0.717) is 77.2 Å². The molecule has 4 aromatic heterocycles. The van der Waals surface area contributed by atoms with Crippen molar-refractivity contribution in [2.45, 2.75) is 78.8 Å². The Morgan fingerprint density at radius 1 is 0.579 bits per heavy atom. The fraction of sp³-hybridized carbons (Fsp3) is 0.358. The number of aromatic hydroxyl groups is 2. The van der Waals surface area contributed by atoms with Gasteiger partial charge in [0.05, 0.1) is 50.3 Å². The van der Waals surface area contributed by atoms with Gasteiger partial charge in [-0.15, -0.1) is 22.7 Å². The van der Waals surface area contributed by atoms with E-state index in [2.05, 4.69) is 51.8 Å². The van der Waals surface area contributed by atoms with Gasteiger partial charge in [-0.3, -0.25) is 19.2 Å². The molecule has 23 heteroatoms. The number of hydrogen-bond donors (Lipinski definition) is 9. The van der Waals surface area contributed by atoms with Crippen LogP contribution in [0.2, 0.25) is 0 Å². The summed E-state index contributed by atoms with van der Waals surface area (Å²) in [5, 5.41) is 48.8. The molecule has 0 bridgehead atoms. The molecule has 0 radical (unpaired) electrons. The zero-order valence-electron chi connectivity index (χ0n) is 42.9. The van der Waals surface area contributed by atoms with Gasteiger partial charge in [0.1, 0.15) is 23.6 Å². The fourth-order valence-corrected chi connectivity index (χ4v) is 8.75. The van der Waals surface area contributed by atoms with Crippen molar-refractivity contribution in [3.05, 3.63) is 138 Å². The molecule has 6 rings (SSSR count). The first-order chi connectivity index (χ1) is 36.5. The Morgan fingerprint density at radius 3 is 1.43 bits per heavy atom. The molecular weight excluding hydrogens is 1020 g/mol. The van der Waals surface area contributed by atoms with Gasteiger partial charge in [0.25, 0.3) is 23.6 Å². The number of benzene rings is 2. The number of esters is 1. The smallest absolute Gasteiger partial charge is 0.330 e. The van der Waals surface area contributed by atoms with E-state index in [4.69, 9.17) is 9.47 Å². The number of carbonyl (C=O) groups is 6. The largest absolute Gasteiger partial charge is 0.508 e. The summed E-state index contributed by atoms with van der Waals surface area (Å²) in [7, 11) is 0. The molecule has 0 aliphatic heterocycles. The summed E-state index contributed by atoms with van der Waals surface area (Å²) >= 11 is 2.51. The first-order valence-corrected chi connectivity index (χ1v) is 26.2. The topological polar surface area (TPSA) is 305 Å². The van der Waals surface area contributed by atoms with Crippen molar-refractivity contribution >= 4 is 70.1 Å². The first kappa shape index (κ1) is 58.9. The lowest BCUT2D eigenvalue weighted by Gasteiger charge is -2.19. The number of phenols is 2. The van der Waals surface area contributed by atoms with Crippen LogP contribution in [0.1, 0.15) is 100 Å². The highest BCUT2D eigenvalue weighted by atomic mass is 32.1. The van der Waals surface area contributed by atoms with Crippen molar-refractivity contribution in [2.75, 3.05) is 56.6 Å². The van der Waals surface area contributed by atoms with Crippen molar-refractivity contribution in [2.24, 2.45) is 0 Å². The van der Waals surface area contributed by atoms with E-state index >= 15 is 0 Å². The van der Waals surface area contributed by atoms with E-state index in [-0.39, 0.29) is 48.2 Å². The molecule has 0 spiro atoms. The van der Waals surface area contributed by atoms with Gasteiger partial charge >= 0.3 is 11.9 Å². The lowest BCUT2D eigenvalue weighted by molar-refractivity contribution is -0.146. The molecule has 0 saturated carbocycles. The summed E-state index contributed by atoms with van der Waals surface area (Å²) in [6.07, 6.45) is 3.62. The van der Waals surface area contributed by atoms with Crippen LogP contribution in [0.5, 0.6) is 11.5 Å². The highest BCUT2D eigenvalue weighted by molar-refractivity contribution is 7.12. The second-order valence-electron chi connectivity index (χ2n) is 17.1. The van der Waals surface area contributed by atoms with Crippen LogP contribution < -0.4 is 31.9 Å². The van der Waals surface area contributed by atoms with Crippen molar-refractivity contribution in [1.82, 2.24) is 41.2 Å². The van der Waals surface area contributed by atoms with E-state index in [1.165, 1.54) is 22.7 Å². The molecule has 0 fully saturated rings. The molecule has 0 aliphatic rings. The maximum absolute atomic E-state index is 13.3. The monoisotopic (exact) mass is 1080 g/mol. The summed E-state index contributed by atoms with van der Waals surface area (Å²) in [6.45, 7) is 10.5. The number of anilines is 2. The van der Waals surface area contributed by atoms with E-state index in [9.17, 15) is 44.1 Å². The average Bonchev–Trinajstić information content (AvgIpc) is 4.13. The molecule has 9 N–H and O–H groups in total. The minimum Gasteiger partial charge on any atom is -0.508 e. The number of nitrogens with zero attached hydrogens (tertiary/aromatic N) is 4. The van der Waals surface area contributed by atoms with Gasteiger partial charge in [0.15, 0.2) is 0 Å². The number of hydrogen-bond acceptors (Lipinski definition) is 18. The van der Waals surface area contributed by atoms with Crippen LogP contribution in [0.3, 0.4) is 0 Å². The van der Waals surface area contributed by atoms with Crippen LogP contribution in [0.4, 0.5) is 11.9 Å². The van der Waals surface area contributed by atoms with Crippen LogP contribution in [-0.2, 0) is 31.9 Å². The molecule has 76 heavy (non-hydrogen) atoms. The molecule has 4 heterocycles. The fourth-order valence-electron chi connectivity index (χ4n) is 7.47. The molecule has 404 valence electrons. The third kappa shape index (κ3) is 19.0. The molecular formula is C53H64N10O11S2. The molecule has 21 nitrogen and oxygen atoms in total. The predicted molar refractivity (Wildman–Crippen MR) is 288 cm³/mol. The SMILES string of the molecule is CCOCCCOC(=O)[C@H](CNC(=O)c1cccs1)NC(=O)c1c(C)nc(NCCCc2cccc(O)c2)nc1C.Cc1nc(NCCCc2cccc(O)c2)nc(C)c1C(=O)N[C@@H](CNC(=O)c1cccs1)C(=O)O. The number of aryl methyl sites for hydroxylation is 6.